The molecular weight excluding hydrogens is 334 g/mol. The average Bonchev–Trinajstić information content (AvgIpc) is 3.12. The van der Waals surface area contributed by atoms with E-state index in [9.17, 15) is 13.6 Å². The van der Waals surface area contributed by atoms with E-state index in [2.05, 4.69) is 12.1 Å². The van der Waals surface area contributed by atoms with E-state index >= 15 is 0 Å². The van der Waals surface area contributed by atoms with Gasteiger partial charge in [-0.1, -0.05) is 12.1 Å². The molecule has 1 atom stereocenters. The minimum atomic E-state index is -3.07. The fourth-order valence-electron chi connectivity index (χ4n) is 3.08. The first-order valence-electron chi connectivity index (χ1n) is 8.01. The molecule has 0 N–H and O–H groups in total. The van der Waals surface area contributed by atoms with Crippen LogP contribution >= 0.6 is 11.3 Å². The molecule has 1 fully saturated rings. The Hall–Kier alpha value is -1.76. The molecule has 1 amide bonds. The van der Waals surface area contributed by atoms with Crippen LogP contribution in [0.3, 0.4) is 0 Å². The number of likely N-dealkylation sites (tertiary alicyclic amines) is 1. The van der Waals surface area contributed by atoms with Gasteiger partial charge in [-0.15, -0.1) is 11.3 Å². The lowest BCUT2D eigenvalue weighted by Crippen LogP contribution is -2.38. The summed E-state index contributed by atoms with van der Waals surface area (Å²) in [6.07, 6.45) is 2.16. The lowest BCUT2D eigenvalue weighted by molar-refractivity contribution is -0.0112. The second kappa shape index (κ2) is 6.27. The first kappa shape index (κ1) is 17.1. The van der Waals surface area contributed by atoms with E-state index < -0.39 is 11.7 Å². The summed E-state index contributed by atoms with van der Waals surface area (Å²) in [7, 11) is 0. The molecule has 1 unspecified atom stereocenters. The summed E-state index contributed by atoms with van der Waals surface area (Å²) < 4.78 is 31.8. The Morgan fingerprint density at radius 2 is 2.21 bits per heavy atom. The molecule has 1 saturated heterocycles. The van der Waals surface area contributed by atoms with Crippen LogP contribution in [0.2, 0.25) is 0 Å². The maximum atomic E-state index is 13.5. The van der Waals surface area contributed by atoms with E-state index in [0.717, 1.165) is 32.9 Å². The molecule has 0 aromatic carbocycles. The number of amides is 1. The van der Waals surface area contributed by atoms with Gasteiger partial charge in [0, 0.05) is 25.6 Å². The number of nitrogens with zero attached hydrogens (tertiary/aromatic N) is 2. The van der Waals surface area contributed by atoms with E-state index in [1.54, 1.807) is 19.1 Å². The highest BCUT2D eigenvalue weighted by Gasteiger charge is 2.34. The van der Waals surface area contributed by atoms with E-state index in [1.807, 2.05) is 4.90 Å². The molecule has 24 heavy (non-hydrogen) atoms. The third-order valence-electron chi connectivity index (χ3n) is 4.32. The van der Waals surface area contributed by atoms with Crippen LogP contribution in [0.4, 0.5) is 8.78 Å². The molecule has 0 bridgehead atoms. The molecule has 4 nitrogen and oxygen atoms in total. The third kappa shape index (κ3) is 3.22. The number of hydrogen-bond acceptors (Lipinski definition) is 4. The van der Waals surface area contributed by atoms with Crippen LogP contribution in [0.15, 0.2) is 16.7 Å². The predicted molar refractivity (Wildman–Crippen MR) is 88.4 cm³/mol. The van der Waals surface area contributed by atoms with Crippen LogP contribution in [0.25, 0.3) is 10.6 Å². The van der Waals surface area contributed by atoms with Crippen molar-refractivity contribution in [1.29, 1.82) is 0 Å². The second-order valence-electron chi connectivity index (χ2n) is 6.54. The fourth-order valence-corrected chi connectivity index (χ4v) is 4.10. The van der Waals surface area contributed by atoms with Gasteiger partial charge in [0.15, 0.2) is 0 Å². The molecule has 0 saturated carbocycles. The van der Waals surface area contributed by atoms with Gasteiger partial charge in [0.25, 0.3) is 5.91 Å². The van der Waals surface area contributed by atoms with Gasteiger partial charge in [-0.25, -0.2) is 0 Å². The summed E-state index contributed by atoms with van der Waals surface area (Å²) in [5.74, 6) is -2.99. The standard InChI is InChI=1S/C17H20F2N2O2S/c1-10-5-4-8-21(9-10)16(22)13-7-6-12(24-13)14-11(2)15(23-20-14)17(3,18)19/h6-7,10H,4-5,8-9H2,1-3H3. The minimum Gasteiger partial charge on any atom is -0.354 e. The van der Waals surface area contributed by atoms with Crippen LogP contribution in [-0.2, 0) is 5.92 Å². The van der Waals surface area contributed by atoms with Crippen molar-refractivity contribution >= 4 is 17.2 Å². The Kier molecular flexibility index (Phi) is 4.46. The number of aromatic nitrogens is 1. The summed E-state index contributed by atoms with van der Waals surface area (Å²) in [5.41, 5.74) is 0.692. The van der Waals surface area contributed by atoms with Crippen molar-refractivity contribution < 1.29 is 18.1 Å². The van der Waals surface area contributed by atoms with Crippen molar-refractivity contribution in [2.75, 3.05) is 13.1 Å². The summed E-state index contributed by atoms with van der Waals surface area (Å²) >= 11 is 1.27. The van der Waals surface area contributed by atoms with Crippen LogP contribution < -0.4 is 0 Å². The fraction of sp³-hybridized carbons (Fsp3) is 0.529. The molecule has 1 aliphatic heterocycles. The number of hydrogen-bond donors (Lipinski definition) is 0. The van der Waals surface area contributed by atoms with Crippen LogP contribution in [0.5, 0.6) is 0 Å². The highest BCUT2D eigenvalue weighted by Crippen LogP contribution is 2.37. The first-order valence-corrected chi connectivity index (χ1v) is 8.83. The smallest absolute Gasteiger partial charge is 0.304 e. The van der Waals surface area contributed by atoms with Gasteiger partial charge in [0.05, 0.1) is 9.75 Å². The van der Waals surface area contributed by atoms with Crippen molar-refractivity contribution in [3.05, 3.63) is 28.3 Å². The van der Waals surface area contributed by atoms with Gasteiger partial charge in [0.2, 0.25) is 5.76 Å². The molecular formula is C17H20F2N2O2S. The zero-order chi connectivity index (χ0) is 17.5. The molecule has 3 heterocycles. The topological polar surface area (TPSA) is 46.3 Å². The number of piperidine rings is 1. The molecule has 130 valence electrons. The predicted octanol–water partition coefficient (Wildman–Crippen LogP) is 4.70. The van der Waals surface area contributed by atoms with Crippen LogP contribution in [-0.4, -0.2) is 29.1 Å². The van der Waals surface area contributed by atoms with Gasteiger partial charge < -0.3 is 9.42 Å². The summed E-state index contributed by atoms with van der Waals surface area (Å²) in [5, 5.41) is 3.78. The van der Waals surface area contributed by atoms with Crippen molar-refractivity contribution in [2.24, 2.45) is 5.92 Å². The van der Waals surface area contributed by atoms with Gasteiger partial charge in [-0.2, -0.15) is 8.78 Å². The van der Waals surface area contributed by atoms with Crippen molar-refractivity contribution in [3.8, 4) is 10.6 Å². The van der Waals surface area contributed by atoms with Gasteiger partial charge >= 0.3 is 5.92 Å². The molecule has 7 heteroatoms. The van der Waals surface area contributed by atoms with Crippen LogP contribution in [0.1, 0.15) is 47.7 Å². The number of halogens is 2. The molecule has 1 aliphatic rings. The highest BCUT2D eigenvalue weighted by atomic mass is 32.1. The van der Waals surface area contributed by atoms with E-state index in [1.165, 1.54) is 11.3 Å². The summed E-state index contributed by atoms with van der Waals surface area (Å²) in [4.78, 5) is 15.7. The number of alkyl halides is 2. The maximum absolute atomic E-state index is 13.5. The molecule has 2 aromatic heterocycles. The van der Waals surface area contributed by atoms with E-state index in [0.29, 0.717) is 26.9 Å². The number of carbonyl (C=O) groups is 1. The third-order valence-corrected chi connectivity index (χ3v) is 5.40. The minimum absolute atomic E-state index is 0.00000665. The Balaban J connectivity index is 1.83. The molecule has 3 rings (SSSR count). The molecule has 0 radical (unpaired) electrons. The molecule has 0 spiro atoms. The van der Waals surface area contributed by atoms with Crippen molar-refractivity contribution in [2.45, 2.75) is 39.5 Å². The number of carbonyl (C=O) groups excluding carboxylic acids is 1. The normalized spacial score (nSPS) is 18.9. The summed E-state index contributed by atoms with van der Waals surface area (Å²) in [6.45, 7) is 6.02. The lowest BCUT2D eigenvalue weighted by atomic mass is 10.0. The Bertz CT molecular complexity index is 748. The van der Waals surface area contributed by atoms with Gasteiger partial charge in [-0.3, -0.25) is 4.79 Å². The monoisotopic (exact) mass is 354 g/mol. The quantitative estimate of drug-likeness (QED) is 0.803. The van der Waals surface area contributed by atoms with E-state index in [4.69, 9.17) is 4.52 Å². The van der Waals surface area contributed by atoms with Crippen molar-refractivity contribution in [1.82, 2.24) is 10.1 Å². The van der Waals surface area contributed by atoms with Gasteiger partial charge in [-0.05, 0) is 37.8 Å². The second-order valence-corrected chi connectivity index (χ2v) is 7.62. The number of thiophene rings is 1. The van der Waals surface area contributed by atoms with Gasteiger partial charge in [0.1, 0.15) is 5.69 Å². The highest BCUT2D eigenvalue weighted by molar-refractivity contribution is 7.17. The maximum Gasteiger partial charge on any atom is 0.304 e. The zero-order valence-corrected chi connectivity index (χ0v) is 14.8. The summed E-state index contributed by atoms with van der Waals surface area (Å²) in [6, 6.07) is 3.48. The lowest BCUT2D eigenvalue weighted by Gasteiger charge is -2.30. The van der Waals surface area contributed by atoms with Crippen molar-refractivity contribution in [3.63, 3.8) is 0 Å². The zero-order valence-electron chi connectivity index (χ0n) is 13.9. The Morgan fingerprint density at radius 1 is 1.46 bits per heavy atom. The Labute approximate surface area is 143 Å². The van der Waals surface area contributed by atoms with E-state index in [-0.39, 0.29) is 5.91 Å². The molecule has 0 aliphatic carbocycles. The number of rotatable bonds is 3. The SMILES string of the molecule is Cc1c(-c2ccc(C(=O)N3CCCC(C)C3)s2)noc1C(C)(F)F. The average molecular weight is 354 g/mol. The van der Waals surface area contributed by atoms with Crippen LogP contribution in [0, 0.1) is 12.8 Å². The first-order chi connectivity index (χ1) is 11.3. The largest absolute Gasteiger partial charge is 0.354 e. The molecule has 2 aromatic rings. The Morgan fingerprint density at radius 3 is 2.83 bits per heavy atom.